The fourth-order valence-electron chi connectivity index (χ4n) is 2.60. The van der Waals surface area contributed by atoms with Crippen molar-refractivity contribution in [3.63, 3.8) is 0 Å². The maximum Gasteiger partial charge on any atom is 0.265 e. The van der Waals surface area contributed by atoms with Crippen molar-refractivity contribution < 1.29 is 14.6 Å². The third-order valence-corrected chi connectivity index (χ3v) is 3.66. The quantitative estimate of drug-likeness (QED) is 0.688. The van der Waals surface area contributed by atoms with Crippen LogP contribution in [0.4, 0.5) is 5.69 Å². The number of aromatic nitrogens is 1. The molecule has 0 aliphatic heterocycles. The van der Waals surface area contributed by atoms with Crippen LogP contribution in [-0.2, 0) is 11.3 Å². The Bertz CT molecular complexity index is 948. The van der Waals surface area contributed by atoms with Crippen molar-refractivity contribution in [2.75, 3.05) is 12.4 Å². The maximum atomic E-state index is 12.4. The lowest BCUT2D eigenvalue weighted by Crippen LogP contribution is -2.23. The van der Waals surface area contributed by atoms with Crippen LogP contribution in [0.5, 0.6) is 5.75 Å². The van der Waals surface area contributed by atoms with Gasteiger partial charge < -0.3 is 20.1 Å². The molecule has 0 saturated heterocycles. The summed E-state index contributed by atoms with van der Waals surface area (Å²) in [6.07, 6.45) is 0. The van der Waals surface area contributed by atoms with Gasteiger partial charge in [0.25, 0.3) is 11.5 Å². The molecular weight excluding hydrogens is 308 g/mol. The van der Waals surface area contributed by atoms with Gasteiger partial charge in [0.2, 0.25) is 0 Å². The maximum absolute atomic E-state index is 12.4. The highest BCUT2D eigenvalue weighted by Gasteiger charge is 2.20. The topological polar surface area (TPSA) is 91.4 Å². The molecule has 0 aliphatic rings. The van der Waals surface area contributed by atoms with Gasteiger partial charge in [0.05, 0.1) is 12.1 Å². The zero-order valence-corrected chi connectivity index (χ0v) is 13.0. The molecule has 2 aromatic carbocycles. The fraction of sp³-hybridized carbons (Fsp3) is 0.111. The minimum absolute atomic E-state index is 0.247. The van der Waals surface area contributed by atoms with Gasteiger partial charge in [-0.2, -0.15) is 0 Å². The van der Waals surface area contributed by atoms with E-state index in [0.29, 0.717) is 22.2 Å². The number of benzene rings is 2. The first-order valence-corrected chi connectivity index (χ1v) is 7.34. The molecular formula is C18H16N2O4. The van der Waals surface area contributed by atoms with E-state index in [1.54, 1.807) is 42.5 Å². The van der Waals surface area contributed by atoms with Crippen LogP contribution >= 0.6 is 0 Å². The highest BCUT2D eigenvalue weighted by atomic mass is 16.5. The van der Waals surface area contributed by atoms with E-state index in [4.69, 9.17) is 4.74 Å². The number of aromatic amines is 1. The summed E-state index contributed by atoms with van der Waals surface area (Å²) < 4.78 is 5.11. The van der Waals surface area contributed by atoms with Crippen LogP contribution in [0.1, 0.15) is 15.9 Å². The normalized spacial score (nSPS) is 10.7. The van der Waals surface area contributed by atoms with Gasteiger partial charge in [-0.15, -0.1) is 0 Å². The number of rotatable bonds is 4. The molecule has 0 unspecified atom stereocenters. The van der Waals surface area contributed by atoms with Crippen LogP contribution < -0.4 is 10.9 Å². The SMILES string of the molecule is COCc1cccc2[nH]c(=O)c(C(=O)Nc3ccccc3)c(O)c12. The second-order valence-electron chi connectivity index (χ2n) is 5.27. The number of carbonyl (C=O) groups excluding carboxylic acids is 1. The molecule has 0 aliphatic carbocycles. The van der Waals surface area contributed by atoms with E-state index >= 15 is 0 Å². The van der Waals surface area contributed by atoms with Gasteiger partial charge in [-0.05, 0) is 23.8 Å². The summed E-state index contributed by atoms with van der Waals surface area (Å²) in [6.45, 7) is 0.247. The first-order chi connectivity index (χ1) is 11.6. The Hall–Kier alpha value is -3.12. The number of hydrogen-bond donors (Lipinski definition) is 3. The van der Waals surface area contributed by atoms with Gasteiger partial charge in [-0.3, -0.25) is 9.59 Å². The summed E-state index contributed by atoms with van der Waals surface area (Å²) in [5.41, 5.74) is 0.685. The second kappa shape index (κ2) is 6.55. The number of fused-ring (bicyclic) bond motifs is 1. The van der Waals surface area contributed by atoms with Crippen molar-refractivity contribution in [1.82, 2.24) is 4.98 Å². The summed E-state index contributed by atoms with van der Waals surface area (Å²) in [7, 11) is 1.53. The lowest BCUT2D eigenvalue weighted by molar-refractivity contribution is 0.102. The third kappa shape index (κ3) is 2.87. The van der Waals surface area contributed by atoms with Gasteiger partial charge in [0.15, 0.2) is 0 Å². The third-order valence-electron chi connectivity index (χ3n) is 3.66. The van der Waals surface area contributed by atoms with E-state index in [-0.39, 0.29) is 17.9 Å². The second-order valence-corrected chi connectivity index (χ2v) is 5.27. The first kappa shape index (κ1) is 15.8. The molecule has 1 aromatic heterocycles. The van der Waals surface area contributed by atoms with Crippen molar-refractivity contribution in [2.45, 2.75) is 6.61 Å². The Kier molecular flexibility index (Phi) is 4.31. The lowest BCUT2D eigenvalue weighted by Gasteiger charge is -2.11. The molecule has 3 rings (SSSR count). The van der Waals surface area contributed by atoms with Crippen LogP contribution in [0.3, 0.4) is 0 Å². The monoisotopic (exact) mass is 324 g/mol. The summed E-state index contributed by atoms with van der Waals surface area (Å²) in [5.74, 6) is -1.02. The zero-order valence-electron chi connectivity index (χ0n) is 13.0. The average Bonchev–Trinajstić information content (AvgIpc) is 2.56. The van der Waals surface area contributed by atoms with Crippen LogP contribution in [-0.4, -0.2) is 23.1 Å². The predicted molar refractivity (Wildman–Crippen MR) is 91.3 cm³/mol. The summed E-state index contributed by atoms with van der Waals surface area (Å²) in [6, 6.07) is 13.9. The van der Waals surface area contributed by atoms with E-state index in [2.05, 4.69) is 10.3 Å². The van der Waals surface area contributed by atoms with Gasteiger partial charge >= 0.3 is 0 Å². The molecule has 1 amide bonds. The highest BCUT2D eigenvalue weighted by molar-refractivity contribution is 6.09. The van der Waals surface area contributed by atoms with Gasteiger partial charge in [-0.25, -0.2) is 0 Å². The summed E-state index contributed by atoms with van der Waals surface area (Å²) in [5, 5.41) is 13.6. The average molecular weight is 324 g/mol. The summed E-state index contributed by atoms with van der Waals surface area (Å²) >= 11 is 0. The minimum atomic E-state index is -0.672. The minimum Gasteiger partial charge on any atom is -0.506 e. The summed E-state index contributed by atoms with van der Waals surface area (Å²) in [4.78, 5) is 27.3. The van der Waals surface area contributed by atoms with Crippen LogP contribution in [0.2, 0.25) is 0 Å². The highest BCUT2D eigenvalue weighted by Crippen LogP contribution is 2.29. The molecule has 6 nitrogen and oxygen atoms in total. The van der Waals surface area contributed by atoms with Crippen LogP contribution in [0.15, 0.2) is 53.3 Å². The fourth-order valence-corrected chi connectivity index (χ4v) is 2.60. The lowest BCUT2D eigenvalue weighted by atomic mass is 10.0. The van der Waals surface area contributed by atoms with Gasteiger partial charge in [-0.1, -0.05) is 30.3 Å². The van der Waals surface area contributed by atoms with Crippen molar-refractivity contribution in [3.05, 3.63) is 70.0 Å². The molecule has 0 spiro atoms. The molecule has 0 atom stereocenters. The number of pyridine rings is 1. The Balaban J connectivity index is 2.12. The Morgan fingerprint density at radius 3 is 2.62 bits per heavy atom. The molecule has 6 heteroatoms. The van der Waals surface area contributed by atoms with Crippen LogP contribution in [0, 0.1) is 0 Å². The number of hydrogen-bond acceptors (Lipinski definition) is 4. The molecule has 1 heterocycles. The Morgan fingerprint density at radius 1 is 1.17 bits per heavy atom. The van der Waals surface area contributed by atoms with Gasteiger partial charge in [0.1, 0.15) is 11.3 Å². The molecule has 3 N–H and O–H groups in total. The molecule has 24 heavy (non-hydrogen) atoms. The van der Waals surface area contributed by atoms with Crippen molar-refractivity contribution >= 4 is 22.5 Å². The first-order valence-electron chi connectivity index (χ1n) is 7.34. The van der Waals surface area contributed by atoms with Crippen molar-refractivity contribution in [2.24, 2.45) is 0 Å². The number of nitrogens with one attached hydrogen (secondary N) is 2. The number of anilines is 1. The number of aromatic hydroxyl groups is 1. The number of amides is 1. The predicted octanol–water partition coefficient (Wildman–Crippen LogP) is 2.63. The Labute approximate surface area is 137 Å². The number of carbonyl (C=O) groups is 1. The van der Waals surface area contributed by atoms with E-state index in [9.17, 15) is 14.7 Å². The van der Waals surface area contributed by atoms with Crippen molar-refractivity contribution in [3.8, 4) is 5.75 Å². The van der Waals surface area contributed by atoms with Crippen molar-refractivity contribution in [1.29, 1.82) is 0 Å². The molecule has 0 radical (unpaired) electrons. The zero-order chi connectivity index (χ0) is 17.1. The number of methoxy groups -OCH3 is 1. The van der Waals surface area contributed by atoms with E-state index < -0.39 is 11.5 Å². The molecule has 0 fully saturated rings. The number of para-hydroxylation sites is 1. The number of ether oxygens (including phenoxy) is 1. The smallest absolute Gasteiger partial charge is 0.265 e. The molecule has 122 valence electrons. The molecule has 0 saturated carbocycles. The Morgan fingerprint density at radius 2 is 1.92 bits per heavy atom. The van der Waals surface area contributed by atoms with Crippen LogP contribution in [0.25, 0.3) is 10.9 Å². The number of H-pyrrole nitrogens is 1. The van der Waals surface area contributed by atoms with E-state index in [0.717, 1.165) is 0 Å². The van der Waals surface area contributed by atoms with E-state index in [1.807, 2.05) is 6.07 Å². The largest absolute Gasteiger partial charge is 0.506 e. The van der Waals surface area contributed by atoms with E-state index in [1.165, 1.54) is 7.11 Å². The van der Waals surface area contributed by atoms with Gasteiger partial charge in [0, 0.05) is 18.2 Å². The molecule has 3 aromatic rings. The standard InChI is InChI=1S/C18H16N2O4/c1-24-10-11-6-5-9-13-14(11)16(21)15(18(23)20-13)17(22)19-12-7-3-2-4-8-12/h2-9H,10H2,1H3,(H,19,22)(H2,20,21,23). The molecule has 0 bridgehead atoms.